The van der Waals surface area contributed by atoms with E-state index < -0.39 is 6.03 Å². The van der Waals surface area contributed by atoms with Crippen molar-refractivity contribution in [1.29, 1.82) is 0 Å². The van der Waals surface area contributed by atoms with Crippen molar-refractivity contribution < 1.29 is 19.0 Å². The molecule has 1 aliphatic rings. The first-order chi connectivity index (χ1) is 13.5. The molecule has 1 unspecified atom stereocenters. The zero-order valence-electron chi connectivity index (χ0n) is 16.4. The molecule has 10 heteroatoms. The van der Waals surface area contributed by atoms with Gasteiger partial charge in [-0.2, -0.15) is 0 Å². The summed E-state index contributed by atoms with van der Waals surface area (Å²) < 4.78 is 15.9. The van der Waals surface area contributed by atoms with E-state index in [2.05, 4.69) is 32.7 Å². The third-order valence-electron chi connectivity index (χ3n) is 4.61. The molecule has 1 fully saturated rings. The lowest BCUT2D eigenvalue weighted by atomic mass is 10.1. The second-order valence-electron chi connectivity index (χ2n) is 6.42. The summed E-state index contributed by atoms with van der Waals surface area (Å²) in [6, 6.07) is 3.32. The fourth-order valence-corrected chi connectivity index (χ4v) is 4.05. The Kier molecular flexibility index (Phi) is 6.40. The molecule has 1 saturated heterocycles. The maximum atomic E-state index is 12.4. The van der Waals surface area contributed by atoms with Crippen molar-refractivity contribution in [2.45, 2.75) is 32.2 Å². The molecule has 0 bridgehead atoms. The molecule has 152 valence electrons. The fourth-order valence-electron chi connectivity index (χ4n) is 3.18. The van der Waals surface area contributed by atoms with E-state index >= 15 is 0 Å². The van der Waals surface area contributed by atoms with Crippen molar-refractivity contribution in [2.75, 3.05) is 43.4 Å². The Morgan fingerprint density at radius 1 is 1.11 bits per heavy atom. The van der Waals surface area contributed by atoms with Crippen molar-refractivity contribution in [2.24, 2.45) is 0 Å². The third-order valence-corrected chi connectivity index (χ3v) is 5.48. The van der Waals surface area contributed by atoms with E-state index in [4.69, 9.17) is 14.2 Å². The molecule has 1 atom stereocenters. The molecule has 9 nitrogen and oxygen atoms in total. The zero-order valence-corrected chi connectivity index (χ0v) is 17.3. The third kappa shape index (κ3) is 4.38. The summed E-state index contributed by atoms with van der Waals surface area (Å²) in [5.74, 6) is 1.37. The standard InChI is InChI=1S/C18H25N5O4S/c1-11-7-5-6-8-23(11)18-22-21-17(28-18)20-16(24)19-12-9-13(25-2)15(27-4)14(10-12)26-3/h9-11H,5-8H2,1-4H3,(H2,19,20,21,24). The molecule has 1 aromatic heterocycles. The molecule has 28 heavy (non-hydrogen) atoms. The number of piperidine rings is 1. The van der Waals surface area contributed by atoms with Crippen LogP contribution in [0.2, 0.25) is 0 Å². The van der Waals surface area contributed by atoms with Gasteiger partial charge in [0.1, 0.15) is 0 Å². The van der Waals surface area contributed by atoms with E-state index in [0.717, 1.165) is 24.5 Å². The molecule has 3 rings (SSSR count). The lowest BCUT2D eigenvalue weighted by molar-refractivity contribution is 0.262. The van der Waals surface area contributed by atoms with E-state index in [0.29, 0.717) is 34.1 Å². The van der Waals surface area contributed by atoms with Gasteiger partial charge in [-0.1, -0.05) is 11.3 Å². The topological polar surface area (TPSA) is 97.8 Å². The highest BCUT2D eigenvalue weighted by atomic mass is 32.1. The Morgan fingerprint density at radius 3 is 2.43 bits per heavy atom. The number of carbonyl (C=O) groups is 1. The van der Waals surface area contributed by atoms with E-state index in [1.807, 2.05) is 0 Å². The Hall–Kier alpha value is -2.75. The number of carbonyl (C=O) groups excluding carboxylic acids is 1. The van der Waals surface area contributed by atoms with Gasteiger partial charge in [-0.05, 0) is 26.2 Å². The summed E-state index contributed by atoms with van der Waals surface area (Å²) >= 11 is 1.37. The molecule has 2 amide bonds. The van der Waals surface area contributed by atoms with Gasteiger partial charge in [0.15, 0.2) is 11.5 Å². The molecule has 1 aliphatic heterocycles. The monoisotopic (exact) mass is 407 g/mol. The SMILES string of the molecule is COc1cc(NC(=O)Nc2nnc(N3CCCCC3C)s2)cc(OC)c1OC. The van der Waals surface area contributed by atoms with E-state index in [9.17, 15) is 4.79 Å². The number of amides is 2. The lowest BCUT2D eigenvalue weighted by Crippen LogP contribution is -2.37. The lowest BCUT2D eigenvalue weighted by Gasteiger charge is -2.32. The summed E-state index contributed by atoms with van der Waals surface area (Å²) in [4.78, 5) is 14.6. The molecule has 0 spiro atoms. The highest BCUT2D eigenvalue weighted by Crippen LogP contribution is 2.40. The van der Waals surface area contributed by atoms with Gasteiger partial charge >= 0.3 is 6.03 Å². The Bertz CT molecular complexity index is 803. The molecule has 0 radical (unpaired) electrons. The van der Waals surface area contributed by atoms with Crippen LogP contribution in [-0.2, 0) is 0 Å². The number of rotatable bonds is 6. The van der Waals surface area contributed by atoms with Crippen LogP contribution in [0.3, 0.4) is 0 Å². The van der Waals surface area contributed by atoms with E-state index in [-0.39, 0.29) is 0 Å². The van der Waals surface area contributed by atoms with Gasteiger partial charge in [0.25, 0.3) is 0 Å². The fraction of sp³-hybridized carbons (Fsp3) is 0.500. The average molecular weight is 407 g/mol. The number of nitrogens with zero attached hydrogens (tertiary/aromatic N) is 3. The highest BCUT2D eigenvalue weighted by Gasteiger charge is 2.22. The minimum Gasteiger partial charge on any atom is -0.493 e. The maximum Gasteiger partial charge on any atom is 0.325 e. The molecule has 2 N–H and O–H groups in total. The second-order valence-corrected chi connectivity index (χ2v) is 7.38. The van der Waals surface area contributed by atoms with Crippen molar-refractivity contribution in [1.82, 2.24) is 10.2 Å². The summed E-state index contributed by atoms with van der Waals surface area (Å²) in [6.07, 6.45) is 3.52. The Morgan fingerprint density at radius 2 is 1.82 bits per heavy atom. The van der Waals surface area contributed by atoms with Gasteiger partial charge in [-0.3, -0.25) is 5.32 Å². The largest absolute Gasteiger partial charge is 0.493 e. The van der Waals surface area contributed by atoms with E-state index in [1.54, 1.807) is 12.1 Å². The molecule has 1 aromatic carbocycles. The molecular formula is C18H25N5O4S. The second kappa shape index (κ2) is 8.96. The number of aromatic nitrogens is 2. The first-order valence-corrected chi connectivity index (χ1v) is 9.85. The van der Waals surface area contributed by atoms with Crippen LogP contribution in [0.4, 0.5) is 20.7 Å². The van der Waals surface area contributed by atoms with Gasteiger partial charge < -0.3 is 24.4 Å². The minimum absolute atomic E-state index is 0.427. The summed E-state index contributed by atoms with van der Waals surface area (Å²) in [5, 5.41) is 15.1. The first kappa shape index (κ1) is 20.0. The molecule has 2 heterocycles. The molecule has 2 aromatic rings. The van der Waals surface area contributed by atoms with Crippen LogP contribution in [0.1, 0.15) is 26.2 Å². The van der Waals surface area contributed by atoms with Crippen LogP contribution >= 0.6 is 11.3 Å². The summed E-state index contributed by atoms with van der Waals surface area (Å²) in [5.41, 5.74) is 0.501. The van der Waals surface area contributed by atoms with Gasteiger partial charge in [-0.15, -0.1) is 10.2 Å². The Balaban J connectivity index is 1.68. The maximum absolute atomic E-state index is 12.4. The predicted octanol–water partition coefficient (Wildman–Crippen LogP) is 3.59. The van der Waals surface area contributed by atoms with Crippen LogP contribution in [0.15, 0.2) is 12.1 Å². The van der Waals surface area contributed by atoms with Crippen molar-refractivity contribution >= 4 is 33.3 Å². The normalized spacial score (nSPS) is 16.4. The number of hydrogen-bond acceptors (Lipinski definition) is 8. The number of anilines is 3. The van der Waals surface area contributed by atoms with Crippen LogP contribution in [-0.4, -0.2) is 50.1 Å². The van der Waals surface area contributed by atoms with Gasteiger partial charge in [-0.25, -0.2) is 4.79 Å². The summed E-state index contributed by atoms with van der Waals surface area (Å²) in [6.45, 7) is 3.15. The van der Waals surface area contributed by atoms with Gasteiger partial charge in [0, 0.05) is 24.7 Å². The van der Waals surface area contributed by atoms with Crippen molar-refractivity contribution in [3.63, 3.8) is 0 Å². The van der Waals surface area contributed by atoms with E-state index in [1.165, 1.54) is 39.1 Å². The summed E-state index contributed by atoms with van der Waals surface area (Å²) in [7, 11) is 4.56. The number of urea groups is 1. The molecule has 0 aliphatic carbocycles. The van der Waals surface area contributed by atoms with Crippen LogP contribution in [0.5, 0.6) is 17.2 Å². The number of ether oxygens (including phenoxy) is 3. The van der Waals surface area contributed by atoms with Crippen molar-refractivity contribution in [3.05, 3.63) is 12.1 Å². The number of methoxy groups -OCH3 is 3. The van der Waals surface area contributed by atoms with Crippen molar-refractivity contribution in [3.8, 4) is 17.2 Å². The number of benzene rings is 1. The molecule has 0 saturated carbocycles. The zero-order chi connectivity index (χ0) is 20.1. The van der Waals surface area contributed by atoms with Crippen LogP contribution in [0, 0.1) is 0 Å². The smallest absolute Gasteiger partial charge is 0.325 e. The van der Waals surface area contributed by atoms with Crippen LogP contribution in [0.25, 0.3) is 0 Å². The number of nitrogens with one attached hydrogen (secondary N) is 2. The highest BCUT2D eigenvalue weighted by molar-refractivity contribution is 7.19. The van der Waals surface area contributed by atoms with Gasteiger partial charge in [0.05, 0.1) is 27.0 Å². The average Bonchev–Trinajstić information content (AvgIpc) is 3.15. The van der Waals surface area contributed by atoms with Gasteiger partial charge in [0.2, 0.25) is 16.0 Å². The predicted molar refractivity (Wildman–Crippen MR) is 109 cm³/mol. The number of hydrogen-bond donors (Lipinski definition) is 2. The van der Waals surface area contributed by atoms with Crippen LogP contribution < -0.4 is 29.7 Å². The minimum atomic E-state index is -0.427. The quantitative estimate of drug-likeness (QED) is 0.755. The first-order valence-electron chi connectivity index (χ1n) is 9.04. The molecular weight excluding hydrogens is 382 g/mol. The Labute approximate surface area is 168 Å².